The van der Waals surface area contributed by atoms with E-state index in [9.17, 15) is 29.7 Å². The smallest absolute Gasteiger partial charge is 0.407 e. The SMILES string of the molecule is CCCCCCCCCCCCN(C(=O)CCCCCCCCCCC)[C@@H]1O[C@H](CO)[C@@H](O)[C@H](O)[C@H]1NC(=O)CNC(=O)OCc1ccccc1. The molecule has 5 atom stereocenters. The van der Waals surface area contributed by atoms with Crippen LogP contribution in [0.3, 0.4) is 0 Å². The molecule has 292 valence electrons. The Kier molecular flexibility index (Phi) is 24.3. The zero-order valence-electron chi connectivity index (χ0n) is 31.6. The van der Waals surface area contributed by atoms with Crippen molar-refractivity contribution in [3.8, 4) is 0 Å². The fraction of sp³-hybridized carbons (Fsp3) is 0.775. The van der Waals surface area contributed by atoms with Crippen LogP contribution in [-0.2, 0) is 25.7 Å². The molecule has 1 aliphatic rings. The van der Waals surface area contributed by atoms with Crippen LogP contribution >= 0.6 is 0 Å². The number of rotatable bonds is 28. The molecule has 0 bridgehead atoms. The van der Waals surface area contributed by atoms with E-state index in [1.807, 2.05) is 30.3 Å². The Morgan fingerprint density at radius 1 is 0.745 bits per heavy atom. The van der Waals surface area contributed by atoms with Gasteiger partial charge in [-0.15, -0.1) is 0 Å². The topological polar surface area (TPSA) is 158 Å². The highest BCUT2D eigenvalue weighted by Gasteiger charge is 2.48. The predicted molar refractivity (Wildman–Crippen MR) is 200 cm³/mol. The number of aliphatic hydroxyl groups is 3. The highest BCUT2D eigenvalue weighted by atomic mass is 16.6. The molecule has 0 saturated carbocycles. The summed E-state index contributed by atoms with van der Waals surface area (Å²) >= 11 is 0. The normalized spacial score (nSPS) is 20.1. The molecule has 2 rings (SSSR count). The second-order valence-corrected chi connectivity index (χ2v) is 14.1. The van der Waals surface area contributed by atoms with Crippen molar-refractivity contribution >= 4 is 17.9 Å². The minimum atomic E-state index is -1.52. The van der Waals surface area contributed by atoms with Gasteiger partial charge in [0.25, 0.3) is 0 Å². The molecule has 1 heterocycles. The molecule has 1 aromatic carbocycles. The molecule has 0 spiro atoms. The van der Waals surface area contributed by atoms with E-state index in [0.717, 1.165) is 56.9 Å². The molecule has 1 aromatic rings. The summed E-state index contributed by atoms with van der Waals surface area (Å²) in [5.41, 5.74) is 0.796. The van der Waals surface area contributed by atoms with E-state index in [4.69, 9.17) is 9.47 Å². The van der Waals surface area contributed by atoms with Crippen molar-refractivity contribution in [2.45, 2.75) is 179 Å². The van der Waals surface area contributed by atoms with Crippen molar-refractivity contribution in [3.63, 3.8) is 0 Å². The van der Waals surface area contributed by atoms with E-state index in [1.54, 1.807) is 4.90 Å². The third kappa shape index (κ3) is 18.5. The first kappa shape index (κ1) is 44.4. The molecule has 3 amide bonds. The zero-order valence-corrected chi connectivity index (χ0v) is 31.6. The lowest BCUT2D eigenvalue weighted by Crippen LogP contribution is -2.69. The van der Waals surface area contributed by atoms with Crippen molar-refractivity contribution < 1.29 is 39.2 Å². The fourth-order valence-electron chi connectivity index (χ4n) is 6.58. The summed E-state index contributed by atoms with van der Waals surface area (Å²) < 4.78 is 11.3. The Hall–Kier alpha value is -2.73. The van der Waals surface area contributed by atoms with Crippen LogP contribution in [0.4, 0.5) is 4.79 Å². The Balaban J connectivity index is 2.02. The largest absolute Gasteiger partial charge is 0.445 e. The summed E-state index contributed by atoms with van der Waals surface area (Å²) in [6.07, 6.45) is 15.7. The maximum absolute atomic E-state index is 13.8. The van der Waals surface area contributed by atoms with Crippen molar-refractivity contribution in [2.75, 3.05) is 19.7 Å². The minimum Gasteiger partial charge on any atom is -0.445 e. The van der Waals surface area contributed by atoms with Gasteiger partial charge in [-0.1, -0.05) is 153 Å². The number of hydrogen-bond donors (Lipinski definition) is 5. The van der Waals surface area contributed by atoms with Gasteiger partial charge in [-0.05, 0) is 18.4 Å². The summed E-state index contributed by atoms with van der Waals surface area (Å²) in [6, 6.07) is 7.95. The number of ether oxygens (including phenoxy) is 2. The summed E-state index contributed by atoms with van der Waals surface area (Å²) in [5, 5.41) is 37.0. The van der Waals surface area contributed by atoms with Crippen LogP contribution in [0, 0.1) is 0 Å². The van der Waals surface area contributed by atoms with Crippen molar-refractivity contribution in [2.24, 2.45) is 0 Å². The van der Waals surface area contributed by atoms with Gasteiger partial charge in [0.15, 0.2) is 6.23 Å². The summed E-state index contributed by atoms with van der Waals surface area (Å²) in [7, 11) is 0. The quantitative estimate of drug-likeness (QED) is 0.0614. The molecule has 0 aliphatic carbocycles. The molecule has 1 aliphatic heterocycles. The third-order valence-electron chi connectivity index (χ3n) is 9.71. The first-order chi connectivity index (χ1) is 24.8. The van der Waals surface area contributed by atoms with Crippen LogP contribution in [0.15, 0.2) is 30.3 Å². The van der Waals surface area contributed by atoms with Gasteiger partial charge in [0.1, 0.15) is 37.5 Å². The molecule has 0 aromatic heterocycles. The van der Waals surface area contributed by atoms with Gasteiger partial charge in [0.2, 0.25) is 11.8 Å². The number of unbranched alkanes of at least 4 members (excludes halogenated alkanes) is 17. The summed E-state index contributed by atoms with van der Waals surface area (Å²) in [5.74, 6) is -0.801. The third-order valence-corrected chi connectivity index (χ3v) is 9.71. The second-order valence-electron chi connectivity index (χ2n) is 14.1. The van der Waals surface area contributed by atoms with Crippen LogP contribution in [0.5, 0.6) is 0 Å². The van der Waals surface area contributed by atoms with E-state index in [0.29, 0.717) is 13.0 Å². The fourth-order valence-corrected chi connectivity index (χ4v) is 6.58. The first-order valence-corrected chi connectivity index (χ1v) is 20.0. The molecule has 1 fully saturated rings. The lowest BCUT2D eigenvalue weighted by molar-refractivity contribution is -0.231. The standard InChI is InChI=1S/C40H69N3O8/c1-3-5-7-9-11-13-15-17-19-24-28-43(35(46)27-23-18-16-14-12-10-8-6-4-2)39-36(38(48)37(47)33(30-44)51-39)42-34(45)29-41-40(49)50-31-32-25-21-20-22-26-32/h20-22,25-26,33,36-39,44,47-48H,3-19,23-24,27-31H2,1-2H3,(H,41,49)(H,42,45)/t33-,36-,37-,38-,39-/m1/s1. The number of nitrogens with zero attached hydrogens (tertiary/aromatic N) is 1. The Morgan fingerprint density at radius 3 is 1.82 bits per heavy atom. The van der Waals surface area contributed by atoms with Gasteiger partial charge in [0, 0.05) is 13.0 Å². The zero-order chi connectivity index (χ0) is 37.1. The van der Waals surface area contributed by atoms with E-state index >= 15 is 0 Å². The average Bonchev–Trinajstić information content (AvgIpc) is 3.14. The Morgan fingerprint density at radius 2 is 1.27 bits per heavy atom. The Labute approximate surface area is 307 Å². The monoisotopic (exact) mass is 720 g/mol. The van der Waals surface area contributed by atoms with Crippen LogP contribution in [0.25, 0.3) is 0 Å². The molecule has 0 unspecified atom stereocenters. The predicted octanol–water partition coefficient (Wildman–Crippen LogP) is 6.51. The Bertz CT molecular complexity index is 1060. The minimum absolute atomic E-state index is 0.0370. The lowest BCUT2D eigenvalue weighted by atomic mass is 9.94. The highest BCUT2D eigenvalue weighted by Crippen LogP contribution is 2.26. The number of nitrogens with one attached hydrogen (secondary N) is 2. The molecule has 11 heteroatoms. The van der Waals surface area contributed by atoms with Crippen molar-refractivity contribution in [1.82, 2.24) is 15.5 Å². The number of benzene rings is 1. The molecule has 5 N–H and O–H groups in total. The number of carbonyl (C=O) groups excluding carboxylic acids is 3. The molecular weight excluding hydrogens is 650 g/mol. The van der Waals surface area contributed by atoms with E-state index in [-0.39, 0.29) is 12.5 Å². The number of carbonyl (C=O) groups is 3. The van der Waals surface area contributed by atoms with E-state index < -0.39 is 55.7 Å². The summed E-state index contributed by atoms with van der Waals surface area (Å²) in [6.45, 7) is 3.80. The number of aliphatic hydroxyl groups excluding tert-OH is 3. The van der Waals surface area contributed by atoms with Crippen molar-refractivity contribution in [1.29, 1.82) is 0 Å². The second kappa shape index (κ2) is 27.9. The van der Waals surface area contributed by atoms with Gasteiger partial charge in [0.05, 0.1) is 6.61 Å². The molecule has 1 saturated heterocycles. The van der Waals surface area contributed by atoms with Gasteiger partial charge in [-0.25, -0.2) is 4.79 Å². The van der Waals surface area contributed by atoms with E-state index in [1.165, 1.54) is 70.6 Å². The summed E-state index contributed by atoms with van der Waals surface area (Å²) in [4.78, 5) is 40.7. The van der Waals surface area contributed by atoms with Crippen LogP contribution in [-0.4, -0.2) is 88.4 Å². The number of alkyl carbamates (subject to hydrolysis) is 1. The maximum atomic E-state index is 13.8. The maximum Gasteiger partial charge on any atom is 0.407 e. The molecule has 0 radical (unpaired) electrons. The van der Waals surface area contributed by atoms with Gasteiger partial charge >= 0.3 is 6.09 Å². The number of amides is 3. The van der Waals surface area contributed by atoms with Crippen LogP contribution in [0.2, 0.25) is 0 Å². The van der Waals surface area contributed by atoms with Gasteiger partial charge in [-0.2, -0.15) is 0 Å². The molecule has 11 nitrogen and oxygen atoms in total. The first-order valence-electron chi connectivity index (χ1n) is 20.0. The van der Waals surface area contributed by atoms with E-state index in [2.05, 4.69) is 24.5 Å². The highest BCUT2D eigenvalue weighted by molar-refractivity contribution is 5.82. The van der Waals surface area contributed by atoms with Crippen LogP contribution < -0.4 is 10.6 Å². The van der Waals surface area contributed by atoms with Crippen LogP contribution in [0.1, 0.15) is 148 Å². The van der Waals surface area contributed by atoms with Gasteiger partial charge in [-0.3, -0.25) is 9.59 Å². The van der Waals surface area contributed by atoms with Gasteiger partial charge < -0.3 is 40.3 Å². The lowest BCUT2D eigenvalue weighted by Gasteiger charge is -2.47. The number of hydrogen-bond acceptors (Lipinski definition) is 8. The molecule has 51 heavy (non-hydrogen) atoms. The average molecular weight is 720 g/mol. The van der Waals surface area contributed by atoms with Crippen molar-refractivity contribution in [3.05, 3.63) is 35.9 Å². The molecular formula is C40H69N3O8.